The molecule has 2 aromatic carbocycles. The Kier molecular flexibility index (Phi) is 5.13. The van der Waals surface area contributed by atoms with Crippen LogP contribution in [0.1, 0.15) is 5.69 Å². The van der Waals surface area contributed by atoms with E-state index in [1.54, 1.807) is 67.2 Å². The first-order chi connectivity index (χ1) is 14.3. The Balaban J connectivity index is 1.76. The summed E-state index contributed by atoms with van der Waals surface area (Å²) in [7, 11) is 1.69. The molecule has 1 aliphatic rings. The lowest BCUT2D eigenvalue weighted by Crippen LogP contribution is -2.36. The normalized spacial score (nSPS) is 14.1. The van der Waals surface area contributed by atoms with Crippen molar-refractivity contribution in [3.05, 3.63) is 85.8 Å². The molecule has 0 aliphatic carbocycles. The van der Waals surface area contributed by atoms with E-state index in [1.807, 2.05) is 6.07 Å². The molecule has 2 amide bonds. The molecule has 0 spiro atoms. The zero-order valence-corrected chi connectivity index (χ0v) is 18.4. The molecule has 0 atom stereocenters. The predicted octanol–water partition coefficient (Wildman–Crippen LogP) is 3.68. The smallest absolute Gasteiger partial charge is 0.296 e. The van der Waals surface area contributed by atoms with Crippen LogP contribution in [-0.4, -0.2) is 21.2 Å². The van der Waals surface area contributed by atoms with Gasteiger partial charge >= 0.3 is 0 Å². The van der Waals surface area contributed by atoms with Gasteiger partial charge in [0.25, 0.3) is 17.4 Å². The van der Waals surface area contributed by atoms with Gasteiger partial charge in [-0.15, -0.1) is 0 Å². The lowest BCUT2D eigenvalue weighted by atomic mass is 10.3. The fraction of sp³-hybridized carbons (Fsp3) is 0.0952. The van der Waals surface area contributed by atoms with Crippen molar-refractivity contribution in [2.24, 2.45) is 7.05 Å². The van der Waals surface area contributed by atoms with Crippen molar-refractivity contribution >= 4 is 50.7 Å². The van der Waals surface area contributed by atoms with E-state index in [0.717, 1.165) is 9.37 Å². The van der Waals surface area contributed by atoms with Crippen LogP contribution in [0.25, 0.3) is 5.69 Å². The Morgan fingerprint density at radius 2 is 1.57 bits per heavy atom. The minimum absolute atomic E-state index is 0.0258. The molecule has 0 saturated carbocycles. The number of hydrogen-bond acceptors (Lipinski definition) is 4. The molecule has 0 bridgehead atoms. The highest BCUT2D eigenvalue weighted by atomic mass is 79.9. The number of benzene rings is 2. The molecule has 9 heteroatoms. The van der Waals surface area contributed by atoms with E-state index in [0.29, 0.717) is 17.1 Å². The van der Waals surface area contributed by atoms with Crippen molar-refractivity contribution in [2.75, 3.05) is 10.2 Å². The molecule has 7 nitrogen and oxygen atoms in total. The number of rotatable bonds is 4. The number of para-hydroxylation sites is 1. The Morgan fingerprint density at radius 3 is 2.20 bits per heavy atom. The van der Waals surface area contributed by atoms with Gasteiger partial charge in [-0.3, -0.25) is 19.1 Å². The van der Waals surface area contributed by atoms with Crippen molar-refractivity contribution in [3.8, 4) is 5.69 Å². The molecule has 1 aliphatic heterocycles. The second-order valence-corrected chi connectivity index (χ2v) is 7.97. The minimum Gasteiger partial charge on any atom is -0.350 e. The molecule has 0 radical (unpaired) electrons. The van der Waals surface area contributed by atoms with Crippen LogP contribution in [-0.2, 0) is 16.6 Å². The number of halogens is 2. The number of aromatic nitrogens is 2. The molecule has 30 heavy (non-hydrogen) atoms. The number of carbonyl (C=O) groups is 2. The Labute approximate surface area is 185 Å². The second kappa shape index (κ2) is 7.62. The van der Waals surface area contributed by atoms with Crippen molar-refractivity contribution in [1.29, 1.82) is 0 Å². The summed E-state index contributed by atoms with van der Waals surface area (Å²) in [4.78, 5) is 40.0. The molecule has 1 aromatic heterocycles. The number of carbonyl (C=O) groups excluding carboxylic acids is 2. The van der Waals surface area contributed by atoms with Crippen LogP contribution in [0.2, 0.25) is 0 Å². The zero-order chi connectivity index (χ0) is 21.6. The number of amides is 2. The van der Waals surface area contributed by atoms with Crippen LogP contribution >= 0.6 is 27.5 Å². The first-order valence-corrected chi connectivity index (χ1v) is 10.1. The molecule has 2 heterocycles. The van der Waals surface area contributed by atoms with E-state index in [4.69, 9.17) is 11.6 Å². The van der Waals surface area contributed by atoms with Gasteiger partial charge in [0.1, 0.15) is 16.4 Å². The molecule has 3 aromatic rings. The molecule has 152 valence electrons. The van der Waals surface area contributed by atoms with E-state index in [-0.39, 0.29) is 16.4 Å². The molecule has 0 unspecified atom stereocenters. The van der Waals surface area contributed by atoms with Gasteiger partial charge in [0.05, 0.1) is 11.4 Å². The quantitative estimate of drug-likeness (QED) is 0.570. The monoisotopic (exact) mass is 486 g/mol. The third kappa shape index (κ3) is 3.18. The third-order valence-corrected chi connectivity index (χ3v) is 5.77. The summed E-state index contributed by atoms with van der Waals surface area (Å²) in [5.41, 5.74) is 1.07. The summed E-state index contributed by atoms with van der Waals surface area (Å²) in [6.45, 7) is 1.67. The van der Waals surface area contributed by atoms with Crippen LogP contribution in [0.4, 0.5) is 11.4 Å². The summed E-state index contributed by atoms with van der Waals surface area (Å²) < 4.78 is 3.87. The highest BCUT2D eigenvalue weighted by Crippen LogP contribution is 2.31. The summed E-state index contributed by atoms with van der Waals surface area (Å²) in [6.07, 6.45) is 0. The van der Waals surface area contributed by atoms with Gasteiger partial charge < -0.3 is 5.32 Å². The highest BCUT2D eigenvalue weighted by molar-refractivity contribution is 9.10. The van der Waals surface area contributed by atoms with Crippen molar-refractivity contribution < 1.29 is 9.59 Å². The van der Waals surface area contributed by atoms with Crippen molar-refractivity contribution in [3.63, 3.8) is 0 Å². The summed E-state index contributed by atoms with van der Waals surface area (Å²) in [5.74, 6) is -1.42. The maximum Gasteiger partial charge on any atom is 0.296 e. The van der Waals surface area contributed by atoms with Gasteiger partial charge in [-0.2, -0.15) is 0 Å². The van der Waals surface area contributed by atoms with Crippen LogP contribution in [0.5, 0.6) is 0 Å². The molecule has 1 N–H and O–H groups in total. The molecule has 4 rings (SSSR count). The Morgan fingerprint density at radius 1 is 0.933 bits per heavy atom. The fourth-order valence-corrected chi connectivity index (χ4v) is 3.78. The van der Waals surface area contributed by atoms with Gasteiger partial charge in [0.2, 0.25) is 0 Å². The number of nitrogens with one attached hydrogen (secondary N) is 1. The Hall–Kier alpha value is -3.10. The van der Waals surface area contributed by atoms with E-state index in [9.17, 15) is 14.4 Å². The van der Waals surface area contributed by atoms with E-state index in [1.165, 1.54) is 4.68 Å². The SMILES string of the molecule is Cc1c(N2C(=O)C(Cl)=C(Nc3ccc(Br)cc3)C2=O)c(=O)n(-c2ccccc2)n1C. The van der Waals surface area contributed by atoms with Gasteiger partial charge in [-0.05, 0) is 43.3 Å². The van der Waals surface area contributed by atoms with E-state index >= 15 is 0 Å². The van der Waals surface area contributed by atoms with Crippen LogP contribution in [0.15, 0.2) is 74.6 Å². The number of imide groups is 1. The third-order valence-electron chi connectivity index (χ3n) is 4.89. The first-order valence-electron chi connectivity index (χ1n) is 8.96. The summed E-state index contributed by atoms with van der Waals surface area (Å²) in [6, 6.07) is 16.0. The molecular formula is C21H16BrClN4O3. The van der Waals surface area contributed by atoms with Gasteiger partial charge in [-0.25, -0.2) is 9.58 Å². The lowest BCUT2D eigenvalue weighted by Gasteiger charge is -2.13. The van der Waals surface area contributed by atoms with Gasteiger partial charge in [0, 0.05) is 17.2 Å². The van der Waals surface area contributed by atoms with Crippen LogP contribution in [0.3, 0.4) is 0 Å². The zero-order valence-electron chi connectivity index (χ0n) is 16.0. The van der Waals surface area contributed by atoms with Crippen molar-refractivity contribution in [2.45, 2.75) is 6.92 Å². The summed E-state index contributed by atoms with van der Waals surface area (Å²) in [5, 5.41) is 2.62. The maximum absolute atomic E-state index is 13.2. The fourth-order valence-electron chi connectivity index (χ4n) is 3.30. The topological polar surface area (TPSA) is 76.3 Å². The standard InChI is InChI=1S/C21H16BrClN4O3/c1-12-18(21(30)27(25(12)2)15-6-4-3-5-7-15)26-19(28)16(23)17(20(26)29)24-14-10-8-13(22)9-11-14/h3-11,24H,1-2H3. The number of anilines is 2. The van der Waals surface area contributed by atoms with Crippen LogP contribution < -0.4 is 15.8 Å². The Bertz CT molecular complexity index is 1260. The molecule has 0 saturated heterocycles. The van der Waals surface area contributed by atoms with Crippen molar-refractivity contribution in [1.82, 2.24) is 9.36 Å². The predicted molar refractivity (Wildman–Crippen MR) is 119 cm³/mol. The van der Waals surface area contributed by atoms with Gasteiger partial charge in [-0.1, -0.05) is 45.7 Å². The largest absolute Gasteiger partial charge is 0.350 e. The highest BCUT2D eigenvalue weighted by Gasteiger charge is 2.42. The van der Waals surface area contributed by atoms with Crippen LogP contribution in [0, 0.1) is 6.92 Å². The lowest BCUT2D eigenvalue weighted by molar-refractivity contribution is -0.120. The van der Waals surface area contributed by atoms with E-state index < -0.39 is 17.4 Å². The number of hydrogen-bond donors (Lipinski definition) is 1. The molecular weight excluding hydrogens is 472 g/mol. The second-order valence-electron chi connectivity index (χ2n) is 6.68. The maximum atomic E-state index is 13.2. The average molecular weight is 488 g/mol. The first kappa shape index (κ1) is 20.2. The minimum atomic E-state index is -0.743. The number of nitrogens with zero attached hydrogens (tertiary/aromatic N) is 3. The molecule has 0 fully saturated rings. The average Bonchev–Trinajstić information content (AvgIpc) is 3.08. The summed E-state index contributed by atoms with van der Waals surface area (Å²) >= 11 is 9.54. The van der Waals surface area contributed by atoms with E-state index in [2.05, 4.69) is 21.2 Å². The van der Waals surface area contributed by atoms with Gasteiger partial charge in [0.15, 0.2) is 0 Å².